The van der Waals surface area contributed by atoms with Crippen molar-refractivity contribution >= 4 is 26.8 Å². The van der Waals surface area contributed by atoms with E-state index in [1.165, 1.54) is 18.5 Å². The fraction of sp³-hybridized carbons (Fsp3) is 0.261. The molecule has 1 aliphatic rings. The molecule has 5 rings (SSSR count). The SMILES string of the molecule is Cc1c(F)cc(C(=O)NC2CC2)cc1-c1ccc2c(cnn2S(=O)(=O)c2cn(C)c(C)n2)c1. The minimum Gasteiger partial charge on any atom is -0.349 e. The summed E-state index contributed by atoms with van der Waals surface area (Å²) in [5.74, 6) is -0.212. The molecule has 0 radical (unpaired) electrons. The molecule has 0 spiro atoms. The quantitative estimate of drug-likeness (QED) is 0.486. The highest BCUT2D eigenvalue weighted by atomic mass is 32.2. The van der Waals surface area contributed by atoms with Gasteiger partial charge in [-0.3, -0.25) is 4.79 Å². The number of aryl methyl sites for hydroxylation is 2. The first-order chi connectivity index (χ1) is 15.6. The first kappa shape index (κ1) is 21.3. The summed E-state index contributed by atoms with van der Waals surface area (Å²) in [4.78, 5) is 16.6. The molecule has 0 atom stereocenters. The summed E-state index contributed by atoms with van der Waals surface area (Å²) in [5.41, 5.74) is 2.26. The molecule has 4 aromatic rings. The van der Waals surface area contributed by atoms with Crippen molar-refractivity contribution in [1.29, 1.82) is 0 Å². The van der Waals surface area contributed by atoms with Crippen LogP contribution in [0.4, 0.5) is 4.39 Å². The van der Waals surface area contributed by atoms with Gasteiger partial charge in [-0.25, -0.2) is 9.37 Å². The molecule has 1 N–H and O–H groups in total. The number of fused-ring (bicyclic) bond motifs is 1. The molecule has 0 aliphatic heterocycles. The van der Waals surface area contributed by atoms with Crippen molar-refractivity contribution in [3.63, 3.8) is 0 Å². The molecule has 170 valence electrons. The second kappa shape index (κ2) is 7.51. The van der Waals surface area contributed by atoms with Crippen molar-refractivity contribution in [3.8, 4) is 11.1 Å². The van der Waals surface area contributed by atoms with Crippen molar-refractivity contribution < 1.29 is 17.6 Å². The van der Waals surface area contributed by atoms with Crippen LogP contribution in [0.2, 0.25) is 0 Å². The van der Waals surface area contributed by atoms with Crippen LogP contribution in [0, 0.1) is 19.7 Å². The highest BCUT2D eigenvalue weighted by molar-refractivity contribution is 7.89. The molecule has 2 heterocycles. The Balaban J connectivity index is 1.56. The number of nitrogens with zero attached hydrogens (tertiary/aromatic N) is 4. The maximum Gasteiger partial charge on any atom is 0.302 e. The predicted molar refractivity (Wildman–Crippen MR) is 121 cm³/mol. The maximum absolute atomic E-state index is 14.7. The van der Waals surface area contributed by atoms with Crippen LogP contribution in [0.5, 0.6) is 0 Å². The molecule has 0 bridgehead atoms. The van der Waals surface area contributed by atoms with Crippen molar-refractivity contribution in [2.45, 2.75) is 37.8 Å². The van der Waals surface area contributed by atoms with Crippen LogP contribution in [0.25, 0.3) is 22.0 Å². The summed E-state index contributed by atoms with van der Waals surface area (Å²) in [6.45, 7) is 3.36. The normalized spacial score (nSPS) is 14.1. The molecule has 10 heteroatoms. The Morgan fingerprint density at radius 1 is 1.18 bits per heavy atom. The summed E-state index contributed by atoms with van der Waals surface area (Å²) in [6.07, 6.45) is 4.77. The van der Waals surface area contributed by atoms with Gasteiger partial charge in [0.05, 0.1) is 11.7 Å². The molecule has 2 aromatic heterocycles. The third-order valence-corrected chi connectivity index (χ3v) is 7.42. The van der Waals surface area contributed by atoms with Gasteiger partial charge >= 0.3 is 10.0 Å². The van der Waals surface area contributed by atoms with Gasteiger partial charge in [0.2, 0.25) is 0 Å². The van der Waals surface area contributed by atoms with Crippen LogP contribution in [-0.2, 0) is 17.1 Å². The Labute approximate surface area is 190 Å². The van der Waals surface area contributed by atoms with Gasteiger partial charge in [-0.1, -0.05) is 6.07 Å². The van der Waals surface area contributed by atoms with Gasteiger partial charge in [0.25, 0.3) is 5.91 Å². The zero-order chi connectivity index (χ0) is 23.5. The molecular weight excluding hydrogens is 445 g/mol. The molecule has 1 fully saturated rings. The van der Waals surface area contributed by atoms with E-state index in [2.05, 4.69) is 15.4 Å². The number of rotatable bonds is 5. The molecule has 0 unspecified atom stereocenters. The molecule has 0 saturated heterocycles. The number of imidazole rings is 1. The molecule has 1 saturated carbocycles. The van der Waals surface area contributed by atoms with Gasteiger partial charge in [0, 0.05) is 30.2 Å². The summed E-state index contributed by atoms with van der Waals surface area (Å²) in [5, 5.41) is 7.43. The maximum atomic E-state index is 14.7. The number of aromatic nitrogens is 4. The van der Waals surface area contributed by atoms with E-state index in [-0.39, 0.29) is 22.5 Å². The summed E-state index contributed by atoms with van der Waals surface area (Å²) in [6, 6.07) is 8.13. The number of nitrogens with one attached hydrogen (secondary N) is 1. The Morgan fingerprint density at radius 2 is 1.94 bits per heavy atom. The van der Waals surface area contributed by atoms with E-state index in [1.807, 2.05) is 0 Å². The minimum atomic E-state index is -3.98. The van der Waals surface area contributed by atoms with Crippen LogP contribution in [-0.4, -0.2) is 39.1 Å². The second-order valence-electron chi connectivity index (χ2n) is 8.38. The molecule has 1 amide bonds. The van der Waals surface area contributed by atoms with Crippen molar-refractivity contribution in [2.24, 2.45) is 7.05 Å². The van der Waals surface area contributed by atoms with Crippen LogP contribution in [0.15, 0.2) is 47.8 Å². The van der Waals surface area contributed by atoms with E-state index < -0.39 is 15.8 Å². The fourth-order valence-corrected chi connectivity index (χ4v) is 5.03. The average Bonchev–Trinajstić information content (AvgIpc) is 3.37. The van der Waals surface area contributed by atoms with Gasteiger partial charge < -0.3 is 9.88 Å². The number of hydrogen-bond acceptors (Lipinski definition) is 5. The topological polar surface area (TPSA) is 98.9 Å². The molecule has 1 aliphatic carbocycles. The average molecular weight is 468 g/mol. The Bertz CT molecular complexity index is 1510. The highest BCUT2D eigenvalue weighted by Crippen LogP contribution is 2.31. The van der Waals surface area contributed by atoms with Gasteiger partial charge in [-0.2, -0.15) is 17.6 Å². The van der Waals surface area contributed by atoms with Gasteiger partial charge in [-0.15, -0.1) is 0 Å². The van der Waals surface area contributed by atoms with Crippen LogP contribution >= 0.6 is 0 Å². The first-order valence-electron chi connectivity index (χ1n) is 10.5. The van der Waals surface area contributed by atoms with Crippen molar-refractivity contribution in [1.82, 2.24) is 24.1 Å². The lowest BCUT2D eigenvalue weighted by Crippen LogP contribution is -2.25. The van der Waals surface area contributed by atoms with E-state index >= 15 is 0 Å². The monoisotopic (exact) mass is 467 g/mol. The fourth-order valence-electron chi connectivity index (χ4n) is 3.71. The lowest BCUT2D eigenvalue weighted by atomic mass is 9.96. The third kappa shape index (κ3) is 3.70. The van der Waals surface area contributed by atoms with Gasteiger partial charge in [-0.05, 0) is 67.6 Å². The number of carbonyl (C=O) groups excluding carboxylic acids is 1. The predicted octanol–water partition coefficient (Wildman–Crippen LogP) is 3.32. The highest BCUT2D eigenvalue weighted by Gasteiger charge is 2.26. The second-order valence-corrected chi connectivity index (χ2v) is 10.1. The minimum absolute atomic E-state index is 0.0936. The van der Waals surface area contributed by atoms with E-state index in [0.29, 0.717) is 33.4 Å². The summed E-state index contributed by atoms with van der Waals surface area (Å²) in [7, 11) is -2.26. The smallest absolute Gasteiger partial charge is 0.302 e. The largest absolute Gasteiger partial charge is 0.349 e. The Morgan fingerprint density at radius 3 is 2.61 bits per heavy atom. The molecule has 2 aromatic carbocycles. The van der Waals surface area contributed by atoms with E-state index in [9.17, 15) is 17.6 Å². The Kier molecular flexibility index (Phi) is 4.86. The zero-order valence-corrected chi connectivity index (χ0v) is 19.1. The number of carbonyl (C=O) groups is 1. The van der Waals surface area contributed by atoms with Crippen molar-refractivity contribution in [3.05, 3.63) is 65.5 Å². The summed E-state index contributed by atoms with van der Waals surface area (Å²) < 4.78 is 43.4. The first-order valence-corrected chi connectivity index (χ1v) is 11.9. The zero-order valence-electron chi connectivity index (χ0n) is 18.3. The van der Waals surface area contributed by atoms with Gasteiger partial charge in [0.1, 0.15) is 11.6 Å². The molecular formula is C23H22FN5O3S. The van der Waals surface area contributed by atoms with E-state index in [1.54, 1.807) is 49.7 Å². The van der Waals surface area contributed by atoms with Crippen LogP contribution < -0.4 is 5.32 Å². The molecule has 8 nitrogen and oxygen atoms in total. The van der Waals surface area contributed by atoms with Crippen LogP contribution in [0.1, 0.15) is 34.6 Å². The number of hydrogen-bond donors (Lipinski definition) is 1. The number of benzene rings is 2. The summed E-state index contributed by atoms with van der Waals surface area (Å²) >= 11 is 0. The molecule has 33 heavy (non-hydrogen) atoms. The lowest BCUT2D eigenvalue weighted by Gasteiger charge is -2.11. The number of halogens is 1. The third-order valence-electron chi connectivity index (χ3n) is 5.94. The van der Waals surface area contributed by atoms with Crippen molar-refractivity contribution in [2.75, 3.05) is 0 Å². The lowest BCUT2D eigenvalue weighted by molar-refractivity contribution is 0.0950. The van der Waals surface area contributed by atoms with E-state index in [4.69, 9.17) is 0 Å². The van der Waals surface area contributed by atoms with Crippen LogP contribution in [0.3, 0.4) is 0 Å². The standard InChI is InChI=1S/C23H22FN5O3S/c1-13-19(9-16(10-20(13)24)23(30)27-18-5-6-18)15-4-7-21-17(8-15)11-25-29(21)33(31,32)22-12-28(3)14(2)26-22/h4,7-12,18H,5-6H2,1-3H3,(H,27,30). The van der Waals surface area contributed by atoms with E-state index in [0.717, 1.165) is 16.9 Å². The Hall–Kier alpha value is -3.53. The van der Waals surface area contributed by atoms with Gasteiger partial charge in [0.15, 0.2) is 5.03 Å². The number of amides is 1.